The van der Waals surface area contributed by atoms with Gasteiger partial charge in [-0.05, 0) is 41.3 Å². The lowest BCUT2D eigenvalue weighted by molar-refractivity contribution is 0.100. The third kappa shape index (κ3) is 2.85. The number of rotatable bonds is 4. The summed E-state index contributed by atoms with van der Waals surface area (Å²) in [6, 6.07) is 13.4. The Morgan fingerprint density at radius 1 is 1.19 bits per heavy atom. The minimum Gasteiger partial charge on any atom is -0.381 e. The first-order valence-electron chi connectivity index (χ1n) is 6.53. The fourth-order valence-electron chi connectivity index (χ4n) is 2.23. The highest BCUT2D eigenvalue weighted by atomic mass is 35.5. The first kappa shape index (κ1) is 13.5. The minimum absolute atomic E-state index is 0.329. The number of anilines is 1. The zero-order valence-corrected chi connectivity index (χ0v) is 11.9. The van der Waals surface area contributed by atoms with E-state index in [2.05, 4.69) is 28.5 Å². The Hall–Kier alpha value is -2.46. The summed E-state index contributed by atoms with van der Waals surface area (Å²) in [4.78, 5) is 14.3. The quantitative estimate of drug-likeness (QED) is 0.689. The molecule has 21 heavy (non-hydrogen) atoms. The number of aromatic nitrogens is 1. The summed E-state index contributed by atoms with van der Waals surface area (Å²) < 4.78 is 0. The van der Waals surface area contributed by atoms with E-state index in [1.165, 1.54) is 5.39 Å². The number of carbonyl (C=O) groups excluding carboxylic acids is 1. The van der Waals surface area contributed by atoms with Gasteiger partial charge in [-0.1, -0.05) is 23.7 Å². The van der Waals surface area contributed by atoms with Crippen LogP contribution in [0.4, 0.5) is 5.69 Å². The number of carbonyl (C=O) groups is 1. The van der Waals surface area contributed by atoms with Crippen molar-refractivity contribution < 1.29 is 4.79 Å². The van der Waals surface area contributed by atoms with Gasteiger partial charge in [0.25, 0.3) is 0 Å². The number of nitrogens with one attached hydrogen (secondary N) is 2. The summed E-state index contributed by atoms with van der Waals surface area (Å²) in [7, 11) is 0. The lowest BCUT2D eigenvalue weighted by Crippen LogP contribution is -2.11. The Balaban J connectivity index is 1.75. The number of hydrogen-bond acceptors (Lipinski definition) is 2. The highest BCUT2D eigenvalue weighted by molar-refractivity contribution is 6.34. The molecule has 1 heterocycles. The van der Waals surface area contributed by atoms with Gasteiger partial charge >= 0.3 is 0 Å². The second-order valence-electron chi connectivity index (χ2n) is 4.81. The topological polar surface area (TPSA) is 70.9 Å². The molecule has 0 atom stereocenters. The first-order chi connectivity index (χ1) is 10.1. The summed E-state index contributed by atoms with van der Waals surface area (Å²) in [6.07, 6.45) is 1.92. The smallest absolute Gasteiger partial charge is 0.250 e. The summed E-state index contributed by atoms with van der Waals surface area (Å²) in [6.45, 7) is 0.668. The van der Waals surface area contributed by atoms with Gasteiger partial charge in [0.05, 0.1) is 10.6 Å². The SMILES string of the molecule is NC(=O)c1ccc(NCc2ccc3cc[nH]c3c2)cc1Cl. The van der Waals surface area contributed by atoms with Gasteiger partial charge in [0, 0.05) is 23.9 Å². The van der Waals surface area contributed by atoms with Crippen LogP contribution in [0.25, 0.3) is 10.9 Å². The molecule has 0 bridgehead atoms. The molecule has 2 aromatic carbocycles. The number of nitrogens with two attached hydrogens (primary N) is 1. The second kappa shape index (κ2) is 5.50. The van der Waals surface area contributed by atoms with Crippen molar-refractivity contribution in [3.63, 3.8) is 0 Å². The molecule has 0 fully saturated rings. The Morgan fingerprint density at radius 3 is 2.81 bits per heavy atom. The average molecular weight is 300 g/mol. The van der Waals surface area contributed by atoms with Gasteiger partial charge < -0.3 is 16.0 Å². The van der Waals surface area contributed by atoms with E-state index in [0.717, 1.165) is 16.8 Å². The van der Waals surface area contributed by atoms with Gasteiger partial charge in [-0.2, -0.15) is 0 Å². The molecule has 4 nitrogen and oxygen atoms in total. The monoisotopic (exact) mass is 299 g/mol. The largest absolute Gasteiger partial charge is 0.381 e. The molecule has 0 radical (unpaired) electrons. The molecule has 1 amide bonds. The molecule has 0 unspecified atom stereocenters. The number of benzene rings is 2. The van der Waals surface area contributed by atoms with Gasteiger partial charge in [0.2, 0.25) is 5.91 Å². The molecule has 106 valence electrons. The van der Waals surface area contributed by atoms with Crippen LogP contribution in [0.2, 0.25) is 5.02 Å². The second-order valence-corrected chi connectivity index (χ2v) is 5.22. The molecular formula is C16H14ClN3O. The highest BCUT2D eigenvalue weighted by Gasteiger charge is 2.07. The van der Waals surface area contributed by atoms with Crippen molar-refractivity contribution in [2.45, 2.75) is 6.54 Å². The van der Waals surface area contributed by atoms with Crippen LogP contribution in [0.1, 0.15) is 15.9 Å². The molecule has 1 aromatic heterocycles. The van der Waals surface area contributed by atoms with E-state index in [9.17, 15) is 4.79 Å². The van der Waals surface area contributed by atoms with Crippen LogP contribution in [0.5, 0.6) is 0 Å². The number of amides is 1. The predicted octanol–water partition coefficient (Wildman–Crippen LogP) is 3.53. The number of halogens is 1. The molecule has 0 saturated heterocycles. The lowest BCUT2D eigenvalue weighted by Gasteiger charge is -2.08. The summed E-state index contributed by atoms with van der Waals surface area (Å²) >= 11 is 6.02. The number of aromatic amines is 1. The zero-order chi connectivity index (χ0) is 14.8. The fourth-order valence-corrected chi connectivity index (χ4v) is 2.51. The number of primary amides is 1. The van der Waals surface area contributed by atoms with Crippen molar-refractivity contribution in [2.24, 2.45) is 5.73 Å². The molecule has 0 saturated carbocycles. The molecule has 4 N–H and O–H groups in total. The van der Waals surface area contributed by atoms with Crippen LogP contribution in [0.3, 0.4) is 0 Å². The van der Waals surface area contributed by atoms with Crippen molar-refractivity contribution in [1.29, 1.82) is 0 Å². The normalized spacial score (nSPS) is 10.7. The number of fused-ring (bicyclic) bond motifs is 1. The third-order valence-electron chi connectivity index (χ3n) is 3.35. The van der Waals surface area contributed by atoms with E-state index < -0.39 is 5.91 Å². The summed E-state index contributed by atoms with van der Waals surface area (Å²) in [5, 5.41) is 4.82. The summed E-state index contributed by atoms with van der Waals surface area (Å²) in [5.74, 6) is -0.524. The van der Waals surface area contributed by atoms with E-state index in [1.54, 1.807) is 18.2 Å². The van der Waals surface area contributed by atoms with Gasteiger partial charge in [-0.15, -0.1) is 0 Å². The van der Waals surface area contributed by atoms with Crippen molar-refractivity contribution in [3.8, 4) is 0 Å². The Bertz CT molecular complexity index is 810. The van der Waals surface area contributed by atoms with Gasteiger partial charge in [-0.3, -0.25) is 4.79 Å². The van der Waals surface area contributed by atoms with Crippen LogP contribution in [-0.2, 0) is 6.54 Å². The Labute approximate surface area is 126 Å². The maximum atomic E-state index is 11.1. The van der Waals surface area contributed by atoms with Crippen molar-refractivity contribution in [2.75, 3.05) is 5.32 Å². The zero-order valence-electron chi connectivity index (χ0n) is 11.2. The standard InChI is InChI=1S/C16H14ClN3O/c17-14-8-12(3-4-13(14)16(18)21)20-9-10-1-2-11-5-6-19-15(11)7-10/h1-8,19-20H,9H2,(H2,18,21). The number of H-pyrrole nitrogens is 1. The van der Waals surface area contributed by atoms with Crippen LogP contribution in [0.15, 0.2) is 48.7 Å². The fraction of sp³-hybridized carbons (Fsp3) is 0.0625. The molecule has 3 rings (SSSR count). The average Bonchev–Trinajstić information content (AvgIpc) is 2.92. The first-order valence-corrected chi connectivity index (χ1v) is 6.90. The molecule has 0 aliphatic rings. The molecule has 3 aromatic rings. The lowest BCUT2D eigenvalue weighted by atomic mass is 10.1. The summed E-state index contributed by atoms with van der Waals surface area (Å²) in [5.41, 5.74) is 8.66. The maximum absolute atomic E-state index is 11.1. The van der Waals surface area contributed by atoms with Gasteiger partial charge in [-0.25, -0.2) is 0 Å². The van der Waals surface area contributed by atoms with Crippen LogP contribution in [-0.4, -0.2) is 10.9 Å². The molecule has 0 spiro atoms. The van der Waals surface area contributed by atoms with Crippen molar-refractivity contribution >= 4 is 34.1 Å². The van der Waals surface area contributed by atoms with Crippen LogP contribution >= 0.6 is 11.6 Å². The van der Waals surface area contributed by atoms with E-state index in [0.29, 0.717) is 17.1 Å². The van der Waals surface area contributed by atoms with E-state index >= 15 is 0 Å². The van der Waals surface area contributed by atoms with Gasteiger partial charge in [0.1, 0.15) is 0 Å². The Morgan fingerprint density at radius 2 is 2.05 bits per heavy atom. The Kier molecular flexibility index (Phi) is 3.54. The molecular weight excluding hydrogens is 286 g/mol. The van der Waals surface area contributed by atoms with Crippen molar-refractivity contribution in [1.82, 2.24) is 4.98 Å². The van der Waals surface area contributed by atoms with Crippen molar-refractivity contribution in [3.05, 3.63) is 64.8 Å². The predicted molar refractivity (Wildman–Crippen MR) is 85.6 cm³/mol. The van der Waals surface area contributed by atoms with Gasteiger partial charge in [0.15, 0.2) is 0 Å². The minimum atomic E-state index is -0.524. The van der Waals surface area contributed by atoms with E-state index in [1.807, 2.05) is 12.3 Å². The van der Waals surface area contributed by atoms with E-state index in [4.69, 9.17) is 17.3 Å². The number of hydrogen-bond donors (Lipinski definition) is 3. The molecule has 0 aliphatic heterocycles. The molecule has 5 heteroatoms. The van der Waals surface area contributed by atoms with Crippen LogP contribution in [0, 0.1) is 0 Å². The van der Waals surface area contributed by atoms with Crippen LogP contribution < -0.4 is 11.1 Å². The highest BCUT2D eigenvalue weighted by Crippen LogP contribution is 2.21. The molecule has 0 aliphatic carbocycles. The third-order valence-corrected chi connectivity index (χ3v) is 3.66. The van der Waals surface area contributed by atoms with E-state index in [-0.39, 0.29) is 0 Å². The maximum Gasteiger partial charge on any atom is 0.250 e.